The summed E-state index contributed by atoms with van der Waals surface area (Å²) in [6.07, 6.45) is 2.67. The van der Waals surface area contributed by atoms with Crippen LogP contribution in [0.2, 0.25) is 0 Å². The number of carbonyl (C=O) groups is 2. The molecule has 2 atom stereocenters. The highest BCUT2D eigenvalue weighted by Crippen LogP contribution is 2.24. The summed E-state index contributed by atoms with van der Waals surface area (Å²) in [6, 6.07) is -0.702. The molecule has 1 aliphatic heterocycles. The van der Waals surface area contributed by atoms with Gasteiger partial charge < -0.3 is 14.2 Å². The van der Waals surface area contributed by atoms with Gasteiger partial charge in [-0.25, -0.2) is 9.59 Å². The normalized spacial score (nSPS) is 21.3. The van der Waals surface area contributed by atoms with Crippen LogP contribution in [0.5, 0.6) is 0 Å². The Bertz CT molecular complexity index is 427. The van der Waals surface area contributed by atoms with Crippen molar-refractivity contribution in [3.63, 3.8) is 0 Å². The van der Waals surface area contributed by atoms with Crippen molar-refractivity contribution in [3.8, 4) is 0 Å². The van der Waals surface area contributed by atoms with Gasteiger partial charge in [0.2, 0.25) is 0 Å². The van der Waals surface area contributed by atoms with Crippen molar-refractivity contribution in [2.24, 2.45) is 0 Å². The summed E-state index contributed by atoms with van der Waals surface area (Å²) in [5, 5.41) is 0. The van der Waals surface area contributed by atoms with Gasteiger partial charge in [-0.2, -0.15) is 0 Å². The van der Waals surface area contributed by atoms with Crippen molar-refractivity contribution in [1.82, 2.24) is 4.90 Å². The van der Waals surface area contributed by atoms with E-state index in [1.807, 2.05) is 0 Å². The molecule has 22 heavy (non-hydrogen) atoms. The molecular weight excluding hydrogens is 286 g/mol. The Morgan fingerprint density at radius 3 is 2.41 bits per heavy atom. The molecule has 0 N–H and O–H groups in total. The number of rotatable bonds is 6. The highest BCUT2D eigenvalue weighted by atomic mass is 16.6. The minimum Gasteiger partial charge on any atom is -0.458 e. The van der Waals surface area contributed by atoms with E-state index in [9.17, 15) is 9.59 Å². The van der Waals surface area contributed by atoms with Crippen LogP contribution in [-0.2, 0) is 19.0 Å². The Morgan fingerprint density at radius 1 is 1.23 bits per heavy atom. The van der Waals surface area contributed by atoms with Crippen molar-refractivity contribution in [1.29, 1.82) is 0 Å². The zero-order chi connectivity index (χ0) is 16.8. The molecule has 124 valence electrons. The van der Waals surface area contributed by atoms with Gasteiger partial charge in [0.1, 0.15) is 18.2 Å². The molecule has 6 heteroatoms. The molecular formula is C16H25NO5. The SMILES string of the molecule is C=CCOC(=O)N1C[C@H](OCC=C)C[C@@H]1C(=O)OC(C)(C)C. The summed E-state index contributed by atoms with van der Waals surface area (Å²) >= 11 is 0. The number of ether oxygens (including phenoxy) is 3. The highest BCUT2D eigenvalue weighted by Gasteiger charge is 2.42. The van der Waals surface area contributed by atoms with E-state index in [1.165, 1.54) is 11.0 Å². The number of esters is 1. The summed E-state index contributed by atoms with van der Waals surface area (Å²) in [4.78, 5) is 25.7. The third kappa shape index (κ3) is 5.52. The number of likely N-dealkylation sites (tertiary alicyclic amines) is 1. The zero-order valence-corrected chi connectivity index (χ0v) is 13.5. The summed E-state index contributed by atoms with van der Waals surface area (Å²) in [6.45, 7) is 13.2. The molecule has 0 aromatic heterocycles. The maximum Gasteiger partial charge on any atom is 0.410 e. The average Bonchev–Trinajstić information content (AvgIpc) is 2.85. The molecule has 0 aromatic carbocycles. The quantitative estimate of drug-likeness (QED) is 0.556. The third-order valence-electron chi connectivity index (χ3n) is 2.95. The number of carbonyl (C=O) groups excluding carboxylic acids is 2. The van der Waals surface area contributed by atoms with Gasteiger partial charge in [0.15, 0.2) is 0 Å². The first kappa shape index (κ1) is 18.2. The fourth-order valence-electron chi connectivity index (χ4n) is 2.13. The van der Waals surface area contributed by atoms with Crippen LogP contribution in [0.25, 0.3) is 0 Å². The molecule has 1 heterocycles. The van der Waals surface area contributed by atoms with Gasteiger partial charge in [0.05, 0.1) is 19.3 Å². The summed E-state index contributed by atoms with van der Waals surface area (Å²) in [5.41, 5.74) is -0.617. The Hall–Kier alpha value is -1.82. The molecule has 1 fully saturated rings. The molecule has 0 unspecified atom stereocenters. The molecule has 1 aliphatic rings. The van der Waals surface area contributed by atoms with Crippen LogP contribution in [0.1, 0.15) is 27.2 Å². The predicted octanol–water partition coefficient (Wildman–Crippen LogP) is 2.30. The van der Waals surface area contributed by atoms with Crippen molar-refractivity contribution in [2.45, 2.75) is 44.9 Å². The fraction of sp³-hybridized carbons (Fsp3) is 0.625. The van der Waals surface area contributed by atoms with Crippen molar-refractivity contribution < 1.29 is 23.8 Å². The Kier molecular flexibility index (Phi) is 6.61. The van der Waals surface area contributed by atoms with E-state index in [4.69, 9.17) is 14.2 Å². The van der Waals surface area contributed by atoms with E-state index in [0.717, 1.165) is 0 Å². The first-order valence-electron chi connectivity index (χ1n) is 7.28. The summed E-state index contributed by atoms with van der Waals surface area (Å²) in [5.74, 6) is -0.451. The average molecular weight is 311 g/mol. The molecule has 1 saturated heterocycles. The Balaban J connectivity index is 2.78. The molecule has 0 spiro atoms. The smallest absolute Gasteiger partial charge is 0.410 e. The number of amides is 1. The van der Waals surface area contributed by atoms with E-state index < -0.39 is 23.7 Å². The van der Waals surface area contributed by atoms with Gasteiger partial charge in [-0.1, -0.05) is 18.7 Å². The molecule has 0 radical (unpaired) electrons. The van der Waals surface area contributed by atoms with Gasteiger partial charge in [0.25, 0.3) is 0 Å². The van der Waals surface area contributed by atoms with Crippen molar-refractivity contribution >= 4 is 12.1 Å². The van der Waals surface area contributed by atoms with Crippen LogP contribution in [0, 0.1) is 0 Å². The number of nitrogens with zero attached hydrogens (tertiary/aromatic N) is 1. The lowest BCUT2D eigenvalue weighted by Crippen LogP contribution is -2.43. The largest absolute Gasteiger partial charge is 0.458 e. The second-order valence-corrected chi connectivity index (χ2v) is 6.05. The summed E-state index contributed by atoms with van der Waals surface area (Å²) in [7, 11) is 0. The number of hydrogen-bond donors (Lipinski definition) is 0. The minimum absolute atomic E-state index is 0.0918. The lowest BCUT2D eigenvalue weighted by molar-refractivity contribution is -0.159. The minimum atomic E-state index is -0.702. The van der Waals surface area contributed by atoms with Gasteiger partial charge in [-0.15, -0.1) is 6.58 Å². The lowest BCUT2D eigenvalue weighted by atomic mass is 10.1. The maximum absolute atomic E-state index is 12.3. The van der Waals surface area contributed by atoms with Crippen molar-refractivity contribution in [3.05, 3.63) is 25.3 Å². The first-order chi connectivity index (χ1) is 10.3. The Labute approximate surface area is 131 Å². The van der Waals surface area contributed by atoms with E-state index in [-0.39, 0.29) is 19.3 Å². The van der Waals surface area contributed by atoms with Crippen LogP contribution >= 0.6 is 0 Å². The van der Waals surface area contributed by atoms with Crippen LogP contribution in [0.3, 0.4) is 0 Å². The van der Waals surface area contributed by atoms with Gasteiger partial charge in [-0.05, 0) is 20.8 Å². The van der Waals surface area contributed by atoms with E-state index in [2.05, 4.69) is 13.2 Å². The number of hydrogen-bond acceptors (Lipinski definition) is 5. The second-order valence-electron chi connectivity index (χ2n) is 6.05. The topological polar surface area (TPSA) is 65.1 Å². The summed E-state index contributed by atoms with van der Waals surface area (Å²) < 4.78 is 16.0. The zero-order valence-electron chi connectivity index (χ0n) is 13.5. The molecule has 0 aliphatic carbocycles. The first-order valence-corrected chi connectivity index (χ1v) is 7.28. The second kappa shape index (κ2) is 7.98. The highest BCUT2D eigenvalue weighted by molar-refractivity contribution is 5.82. The molecule has 0 bridgehead atoms. The van der Waals surface area contributed by atoms with E-state index in [1.54, 1.807) is 26.8 Å². The predicted molar refractivity (Wildman–Crippen MR) is 82.4 cm³/mol. The van der Waals surface area contributed by atoms with Gasteiger partial charge >= 0.3 is 12.1 Å². The molecule has 6 nitrogen and oxygen atoms in total. The fourth-order valence-corrected chi connectivity index (χ4v) is 2.13. The Morgan fingerprint density at radius 2 is 1.86 bits per heavy atom. The van der Waals surface area contributed by atoms with E-state index in [0.29, 0.717) is 13.0 Å². The molecule has 0 aromatic rings. The van der Waals surface area contributed by atoms with Crippen LogP contribution in [0.15, 0.2) is 25.3 Å². The van der Waals surface area contributed by atoms with Gasteiger partial charge in [0, 0.05) is 6.42 Å². The monoisotopic (exact) mass is 311 g/mol. The van der Waals surface area contributed by atoms with Crippen LogP contribution in [-0.4, -0.2) is 54.5 Å². The van der Waals surface area contributed by atoms with Crippen LogP contribution < -0.4 is 0 Å². The molecule has 0 saturated carbocycles. The molecule has 1 amide bonds. The van der Waals surface area contributed by atoms with E-state index >= 15 is 0 Å². The molecule has 1 rings (SSSR count). The third-order valence-corrected chi connectivity index (χ3v) is 2.95. The van der Waals surface area contributed by atoms with Crippen LogP contribution in [0.4, 0.5) is 4.79 Å². The van der Waals surface area contributed by atoms with Gasteiger partial charge in [-0.3, -0.25) is 4.90 Å². The van der Waals surface area contributed by atoms with Crippen molar-refractivity contribution in [2.75, 3.05) is 19.8 Å². The lowest BCUT2D eigenvalue weighted by Gasteiger charge is -2.26. The maximum atomic E-state index is 12.3. The standard InChI is InChI=1S/C16H25NO5/c1-6-8-20-12-10-13(14(18)22-16(3,4)5)17(11-12)15(19)21-9-7-2/h6-7,12-13H,1-2,8-11H2,3-5H3/t12-,13-/m1/s1.